The van der Waals surface area contributed by atoms with Gasteiger partial charge in [-0.05, 0) is 36.1 Å². The lowest BCUT2D eigenvalue weighted by atomic mass is 9.88. The monoisotopic (exact) mass is 223 g/mol. The number of rotatable bonds is 5. The lowest BCUT2D eigenvalue weighted by Gasteiger charge is -2.20. The zero-order valence-electron chi connectivity index (χ0n) is 10.5. The van der Waals surface area contributed by atoms with Crippen LogP contribution in [0.25, 0.3) is 0 Å². The lowest BCUT2D eigenvalue weighted by Crippen LogP contribution is -2.17. The number of hydrogen-bond acceptors (Lipinski definition) is 3. The van der Waals surface area contributed by atoms with Crippen molar-refractivity contribution >= 4 is 0 Å². The van der Waals surface area contributed by atoms with Gasteiger partial charge in [0.25, 0.3) is 0 Å². The maximum atomic E-state index is 5.81. The average molecular weight is 223 g/mol. The zero-order valence-corrected chi connectivity index (χ0v) is 10.5. The molecular formula is C13H21NO2. The summed E-state index contributed by atoms with van der Waals surface area (Å²) in [4.78, 5) is 0. The summed E-state index contributed by atoms with van der Waals surface area (Å²) in [6.45, 7) is 4.97. The van der Waals surface area contributed by atoms with E-state index in [0.29, 0.717) is 18.4 Å². The fraction of sp³-hybridized carbons (Fsp3) is 0.538. The molecule has 2 N–H and O–H groups in total. The molecule has 0 saturated heterocycles. The van der Waals surface area contributed by atoms with Gasteiger partial charge >= 0.3 is 0 Å². The summed E-state index contributed by atoms with van der Waals surface area (Å²) in [5, 5.41) is 0. The van der Waals surface area contributed by atoms with Crippen LogP contribution in [-0.2, 0) is 0 Å². The third-order valence-electron chi connectivity index (χ3n) is 2.86. The summed E-state index contributed by atoms with van der Waals surface area (Å²) >= 11 is 0. The molecule has 0 aliphatic rings. The van der Waals surface area contributed by atoms with Gasteiger partial charge in [0, 0.05) is 6.07 Å². The minimum absolute atomic E-state index is 0.337. The minimum atomic E-state index is 0.337. The SMILES string of the molecule is COc1cc(OC)cc(C(CN)C(C)C)c1. The molecule has 1 atom stereocenters. The molecule has 0 heterocycles. The van der Waals surface area contributed by atoms with E-state index >= 15 is 0 Å². The number of methoxy groups -OCH3 is 2. The van der Waals surface area contributed by atoms with E-state index in [1.807, 2.05) is 18.2 Å². The van der Waals surface area contributed by atoms with E-state index in [-0.39, 0.29) is 0 Å². The summed E-state index contributed by atoms with van der Waals surface area (Å²) in [7, 11) is 3.32. The molecule has 3 nitrogen and oxygen atoms in total. The Morgan fingerprint density at radius 1 is 1.06 bits per heavy atom. The van der Waals surface area contributed by atoms with Crippen LogP contribution in [0.2, 0.25) is 0 Å². The lowest BCUT2D eigenvalue weighted by molar-refractivity contribution is 0.390. The van der Waals surface area contributed by atoms with Crippen molar-refractivity contribution in [1.29, 1.82) is 0 Å². The Balaban J connectivity index is 3.10. The number of benzene rings is 1. The predicted octanol–water partition coefficient (Wildman–Crippen LogP) is 2.40. The molecule has 1 aromatic rings. The Bertz CT molecular complexity index is 314. The number of ether oxygens (including phenoxy) is 2. The van der Waals surface area contributed by atoms with E-state index in [0.717, 1.165) is 11.5 Å². The first-order valence-corrected chi connectivity index (χ1v) is 5.55. The van der Waals surface area contributed by atoms with Crippen molar-refractivity contribution in [1.82, 2.24) is 0 Å². The van der Waals surface area contributed by atoms with Crippen molar-refractivity contribution in [3.05, 3.63) is 23.8 Å². The first-order valence-electron chi connectivity index (χ1n) is 5.55. The van der Waals surface area contributed by atoms with Crippen LogP contribution >= 0.6 is 0 Å². The van der Waals surface area contributed by atoms with E-state index in [2.05, 4.69) is 13.8 Å². The second kappa shape index (κ2) is 5.75. The Hall–Kier alpha value is -1.22. The van der Waals surface area contributed by atoms with Crippen LogP contribution in [0, 0.1) is 5.92 Å². The largest absolute Gasteiger partial charge is 0.497 e. The van der Waals surface area contributed by atoms with Gasteiger partial charge in [-0.1, -0.05) is 13.8 Å². The van der Waals surface area contributed by atoms with Gasteiger partial charge in [-0.3, -0.25) is 0 Å². The van der Waals surface area contributed by atoms with Crippen LogP contribution in [0.1, 0.15) is 25.3 Å². The number of nitrogens with two attached hydrogens (primary N) is 1. The van der Waals surface area contributed by atoms with Gasteiger partial charge < -0.3 is 15.2 Å². The number of hydrogen-bond donors (Lipinski definition) is 1. The molecule has 3 heteroatoms. The van der Waals surface area contributed by atoms with Crippen LogP contribution in [0.15, 0.2) is 18.2 Å². The summed E-state index contributed by atoms with van der Waals surface area (Å²) in [6, 6.07) is 5.93. The predicted molar refractivity (Wildman–Crippen MR) is 66.2 cm³/mol. The van der Waals surface area contributed by atoms with Crippen LogP contribution in [-0.4, -0.2) is 20.8 Å². The molecule has 0 aliphatic heterocycles. The van der Waals surface area contributed by atoms with E-state index in [9.17, 15) is 0 Å². The summed E-state index contributed by atoms with van der Waals surface area (Å²) < 4.78 is 10.5. The minimum Gasteiger partial charge on any atom is -0.497 e. The van der Waals surface area contributed by atoms with Crippen molar-refractivity contribution in [2.75, 3.05) is 20.8 Å². The maximum absolute atomic E-state index is 5.81. The van der Waals surface area contributed by atoms with Crippen molar-refractivity contribution in [2.45, 2.75) is 19.8 Å². The highest BCUT2D eigenvalue weighted by Gasteiger charge is 2.15. The first kappa shape index (κ1) is 12.8. The molecule has 90 valence electrons. The van der Waals surface area contributed by atoms with Gasteiger partial charge in [-0.25, -0.2) is 0 Å². The van der Waals surface area contributed by atoms with Crippen LogP contribution < -0.4 is 15.2 Å². The molecule has 0 fully saturated rings. The molecule has 0 saturated carbocycles. The molecule has 1 rings (SSSR count). The Morgan fingerprint density at radius 3 is 1.88 bits per heavy atom. The van der Waals surface area contributed by atoms with E-state index in [1.54, 1.807) is 14.2 Å². The molecule has 0 bridgehead atoms. The average Bonchev–Trinajstić information content (AvgIpc) is 2.29. The van der Waals surface area contributed by atoms with Crippen molar-refractivity contribution in [3.63, 3.8) is 0 Å². The van der Waals surface area contributed by atoms with E-state index in [4.69, 9.17) is 15.2 Å². The zero-order chi connectivity index (χ0) is 12.1. The van der Waals surface area contributed by atoms with Gasteiger partial charge in [0.05, 0.1) is 14.2 Å². The van der Waals surface area contributed by atoms with Gasteiger partial charge in [-0.2, -0.15) is 0 Å². The standard InChI is InChI=1S/C13H21NO2/c1-9(2)13(8-14)10-5-11(15-3)7-12(6-10)16-4/h5-7,9,13H,8,14H2,1-4H3. The Morgan fingerprint density at radius 2 is 1.56 bits per heavy atom. The van der Waals surface area contributed by atoms with Gasteiger partial charge in [-0.15, -0.1) is 0 Å². The van der Waals surface area contributed by atoms with E-state index in [1.165, 1.54) is 5.56 Å². The fourth-order valence-corrected chi connectivity index (χ4v) is 1.84. The fourth-order valence-electron chi connectivity index (χ4n) is 1.84. The second-order valence-electron chi connectivity index (χ2n) is 4.23. The van der Waals surface area contributed by atoms with Crippen molar-refractivity contribution < 1.29 is 9.47 Å². The van der Waals surface area contributed by atoms with Crippen molar-refractivity contribution in [3.8, 4) is 11.5 Å². The summed E-state index contributed by atoms with van der Waals surface area (Å²) in [6.07, 6.45) is 0. The topological polar surface area (TPSA) is 44.5 Å². The van der Waals surface area contributed by atoms with Crippen LogP contribution in [0.5, 0.6) is 11.5 Å². The Labute approximate surface area is 97.6 Å². The molecule has 16 heavy (non-hydrogen) atoms. The van der Waals surface area contributed by atoms with Gasteiger partial charge in [0.15, 0.2) is 0 Å². The van der Waals surface area contributed by atoms with E-state index < -0.39 is 0 Å². The first-order chi connectivity index (χ1) is 7.62. The Kier molecular flexibility index (Phi) is 4.62. The normalized spacial score (nSPS) is 12.6. The highest BCUT2D eigenvalue weighted by Crippen LogP contribution is 2.30. The summed E-state index contributed by atoms with van der Waals surface area (Å²) in [5.74, 6) is 2.47. The quantitative estimate of drug-likeness (QED) is 0.833. The third-order valence-corrected chi connectivity index (χ3v) is 2.86. The smallest absolute Gasteiger partial charge is 0.122 e. The third kappa shape index (κ3) is 2.89. The van der Waals surface area contributed by atoms with Gasteiger partial charge in [0.2, 0.25) is 0 Å². The molecule has 1 aromatic carbocycles. The highest BCUT2D eigenvalue weighted by atomic mass is 16.5. The molecule has 0 radical (unpaired) electrons. The molecule has 0 aliphatic carbocycles. The van der Waals surface area contributed by atoms with Crippen LogP contribution in [0.4, 0.5) is 0 Å². The van der Waals surface area contributed by atoms with Crippen LogP contribution in [0.3, 0.4) is 0 Å². The summed E-state index contributed by atoms with van der Waals surface area (Å²) in [5.41, 5.74) is 6.98. The van der Waals surface area contributed by atoms with Crippen molar-refractivity contribution in [2.24, 2.45) is 11.7 Å². The molecule has 0 spiro atoms. The van der Waals surface area contributed by atoms with Gasteiger partial charge in [0.1, 0.15) is 11.5 Å². The molecule has 0 amide bonds. The molecule has 0 aromatic heterocycles. The molecule has 1 unspecified atom stereocenters. The highest BCUT2D eigenvalue weighted by molar-refractivity contribution is 5.40. The maximum Gasteiger partial charge on any atom is 0.122 e. The molecular weight excluding hydrogens is 202 g/mol. The second-order valence-corrected chi connectivity index (χ2v) is 4.23.